The van der Waals surface area contributed by atoms with E-state index in [0.29, 0.717) is 17.1 Å². The third kappa shape index (κ3) is 2.65. The second-order valence-electron chi connectivity index (χ2n) is 5.00. The van der Waals surface area contributed by atoms with E-state index in [4.69, 9.17) is 11.6 Å². The number of carbonyl (C=O) groups excluding carboxylic acids is 1. The van der Waals surface area contributed by atoms with E-state index in [1.165, 1.54) is 0 Å². The molecule has 5 heteroatoms. The van der Waals surface area contributed by atoms with Crippen LogP contribution in [0.15, 0.2) is 48.5 Å². The summed E-state index contributed by atoms with van der Waals surface area (Å²) in [4.78, 5) is 11.3. The Kier molecular flexibility index (Phi) is 4.02. The molecule has 0 aliphatic rings. The van der Waals surface area contributed by atoms with E-state index in [-0.39, 0.29) is 0 Å². The molecule has 0 saturated carbocycles. The number of rotatable bonds is 4. The summed E-state index contributed by atoms with van der Waals surface area (Å²) < 4.78 is 1.69. The third-order valence-electron chi connectivity index (χ3n) is 3.59. The average molecular weight is 312 g/mol. The Hall–Kier alpha value is -2.46. The van der Waals surface area contributed by atoms with E-state index < -0.39 is 0 Å². The SMILES string of the molecule is Cc1c(Cl)cccc1-n1nnc(C=O)c1Cc1ccccc1. The summed E-state index contributed by atoms with van der Waals surface area (Å²) in [6.07, 6.45) is 1.32. The fourth-order valence-electron chi connectivity index (χ4n) is 2.38. The van der Waals surface area contributed by atoms with E-state index in [1.807, 2.05) is 55.5 Å². The molecule has 0 bridgehead atoms. The predicted molar refractivity (Wildman–Crippen MR) is 85.7 cm³/mol. The topological polar surface area (TPSA) is 47.8 Å². The lowest BCUT2D eigenvalue weighted by molar-refractivity contribution is 0.111. The highest BCUT2D eigenvalue weighted by atomic mass is 35.5. The first-order valence-corrected chi connectivity index (χ1v) is 7.27. The van der Waals surface area contributed by atoms with Gasteiger partial charge < -0.3 is 0 Å². The molecule has 0 aliphatic heterocycles. The van der Waals surface area contributed by atoms with Gasteiger partial charge in [-0.05, 0) is 30.2 Å². The molecule has 0 saturated heterocycles. The van der Waals surface area contributed by atoms with Crippen molar-refractivity contribution < 1.29 is 4.79 Å². The van der Waals surface area contributed by atoms with Crippen molar-refractivity contribution >= 4 is 17.9 Å². The Bertz CT molecular complexity index is 812. The van der Waals surface area contributed by atoms with Gasteiger partial charge in [0.05, 0.1) is 11.4 Å². The van der Waals surface area contributed by atoms with Gasteiger partial charge in [0.15, 0.2) is 6.29 Å². The first-order chi connectivity index (χ1) is 10.7. The molecule has 0 aliphatic carbocycles. The second kappa shape index (κ2) is 6.12. The van der Waals surface area contributed by atoms with Gasteiger partial charge in [-0.1, -0.05) is 53.2 Å². The van der Waals surface area contributed by atoms with Crippen molar-refractivity contribution in [3.8, 4) is 5.69 Å². The smallest absolute Gasteiger partial charge is 0.172 e. The zero-order valence-corrected chi connectivity index (χ0v) is 12.8. The fourth-order valence-corrected chi connectivity index (χ4v) is 2.55. The third-order valence-corrected chi connectivity index (χ3v) is 4.00. The van der Waals surface area contributed by atoms with Crippen LogP contribution in [0.5, 0.6) is 0 Å². The molecule has 0 amide bonds. The molecule has 3 rings (SSSR count). The minimum atomic E-state index is 0.350. The fraction of sp³-hybridized carbons (Fsp3) is 0.118. The molecule has 3 aromatic rings. The van der Waals surface area contributed by atoms with Gasteiger partial charge in [-0.25, -0.2) is 4.68 Å². The van der Waals surface area contributed by atoms with Gasteiger partial charge >= 0.3 is 0 Å². The maximum atomic E-state index is 11.3. The number of hydrogen-bond acceptors (Lipinski definition) is 3. The molecular formula is C17H14ClN3O. The molecule has 22 heavy (non-hydrogen) atoms. The largest absolute Gasteiger partial charge is 0.296 e. The Morgan fingerprint density at radius 3 is 2.64 bits per heavy atom. The quantitative estimate of drug-likeness (QED) is 0.691. The van der Waals surface area contributed by atoms with Gasteiger partial charge in [-0.2, -0.15) is 0 Å². The van der Waals surface area contributed by atoms with Crippen LogP contribution in [0.25, 0.3) is 5.69 Å². The molecule has 1 aromatic heterocycles. The normalized spacial score (nSPS) is 10.6. The van der Waals surface area contributed by atoms with Gasteiger partial charge in [-0.15, -0.1) is 5.10 Å². The standard InChI is InChI=1S/C17H14ClN3O/c1-12-14(18)8-5-9-16(12)21-17(15(11-22)19-20-21)10-13-6-3-2-4-7-13/h2-9,11H,10H2,1H3. The van der Waals surface area contributed by atoms with Crippen LogP contribution in [0, 0.1) is 6.92 Å². The summed E-state index contributed by atoms with van der Waals surface area (Å²) in [5.74, 6) is 0. The maximum absolute atomic E-state index is 11.3. The number of carbonyl (C=O) groups is 1. The van der Waals surface area contributed by atoms with Gasteiger partial charge in [-0.3, -0.25) is 4.79 Å². The average Bonchev–Trinajstić information content (AvgIpc) is 2.93. The van der Waals surface area contributed by atoms with Crippen LogP contribution in [-0.2, 0) is 6.42 Å². The minimum Gasteiger partial charge on any atom is -0.296 e. The Morgan fingerprint density at radius 2 is 1.91 bits per heavy atom. The van der Waals surface area contributed by atoms with Gasteiger partial charge in [0.2, 0.25) is 0 Å². The highest BCUT2D eigenvalue weighted by Crippen LogP contribution is 2.24. The molecular weight excluding hydrogens is 298 g/mol. The minimum absolute atomic E-state index is 0.350. The van der Waals surface area contributed by atoms with Crippen molar-refractivity contribution in [1.82, 2.24) is 15.0 Å². The zero-order chi connectivity index (χ0) is 15.5. The summed E-state index contributed by atoms with van der Waals surface area (Å²) in [5, 5.41) is 8.77. The molecule has 2 aromatic carbocycles. The van der Waals surface area contributed by atoms with Crippen LogP contribution in [0.4, 0.5) is 0 Å². The van der Waals surface area contributed by atoms with Crippen LogP contribution in [0.1, 0.15) is 27.3 Å². The number of aldehydes is 1. The van der Waals surface area contributed by atoms with Crippen molar-refractivity contribution in [2.75, 3.05) is 0 Å². The lowest BCUT2D eigenvalue weighted by Crippen LogP contribution is -2.06. The van der Waals surface area contributed by atoms with E-state index in [0.717, 1.165) is 28.8 Å². The van der Waals surface area contributed by atoms with E-state index >= 15 is 0 Å². The molecule has 0 spiro atoms. The molecule has 0 radical (unpaired) electrons. The Labute approximate surface area is 133 Å². The van der Waals surface area contributed by atoms with E-state index in [1.54, 1.807) is 4.68 Å². The number of hydrogen-bond donors (Lipinski definition) is 0. The maximum Gasteiger partial charge on any atom is 0.172 e. The second-order valence-corrected chi connectivity index (χ2v) is 5.40. The summed E-state index contributed by atoms with van der Waals surface area (Å²) in [5.41, 5.74) is 3.93. The number of nitrogens with zero attached hydrogens (tertiary/aromatic N) is 3. The van der Waals surface area contributed by atoms with Crippen LogP contribution in [0.2, 0.25) is 5.02 Å². The van der Waals surface area contributed by atoms with Crippen molar-refractivity contribution in [1.29, 1.82) is 0 Å². The number of aromatic nitrogens is 3. The first kappa shape index (κ1) is 14.5. The summed E-state index contributed by atoms with van der Waals surface area (Å²) in [6, 6.07) is 15.5. The monoisotopic (exact) mass is 311 g/mol. The summed E-state index contributed by atoms with van der Waals surface area (Å²) in [6.45, 7) is 1.92. The van der Waals surface area contributed by atoms with Crippen LogP contribution < -0.4 is 0 Å². The molecule has 4 nitrogen and oxygen atoms in total. The molecule has 0 N–H and O–H groups in total. The van der Waals surface area contributed by atoms with Gasteiger partial charge in [0.25, 0.3) is 0 Å². The highest BCUT2D eigenvalue weighted by Gasteiger charge is 2.16. The van der Waals surface area contributed by atoms with E-state index in [2.05, 4.69) is 10.3 Å². The van der Waals surface area contributed by atoms with Gasteiger partial charge in [0.1, 0.15) is 5.69 Å². The zero-order valence-electron chi connectivity index (χ0n) is 12.0. The van der Waals surface area contributed by atoms with Crippen LogP contribution in [0.3, 0.4) is 0 Å². The predicted octanol–water partition coefficient (Wildman–Crippen LogP) is 3.63. The number of benzene rings is 2. The van der Waals surface area contributed by atoms with Crippen molar-refractivity contribution in [2.24, 2.45) is 0 Å². The molecule has 0 unspecified atom stereocenters. The van der Waals surface area contributed by atoms with Crippen molar-refractivity contribution in [2.45, 2.75) is 13.3 Å². The molecule has 0 fully saturated rings. The van der Waals surface area contributed by atoms with Crippen molar-refractivity contribution in [3.63, 3.8) is 0 Å². The number of halogens is 1. The molecule has 110 valence electrons. The first-order valence-electron chi connectivity index (χ1n) is 6.90. The van der Waals surface area contributed by atoms with Crippen LogP contribution >= 0.6 is 11.6 Å². The lowest BCUT2D eigenvalue weighted by atomic mass is 10.1. The Morgan fingerprint density at radius 1 is 1.14 bits per heavy atom. The van der Waals surface area contributed by atoms with Crippen molar-refractivity contribution in [3.05, 3.63) is 76.1 Å². The molecule has 1 heterocycles. The lowest BCUT2D eigenvalue weighted by Gasteiger charge is -2.10. The van der Waals surface area contributed by atoms with E-state index in [9.17, 15) is 4.79 Å². The molecule has 0 atom stereocenters. The van der Waals surface area contributed by atoms with Crippen LogP contribution in [-0.4, -0.2) is 21.3 Å². The summed E-state index contributed by atoms with van der Waals surface area (Å²) >= 11 is 6.19. The summed E-state index contributed by atoms with van der Waals surface area (Å²) in [7, 11) is 0. The Balaban J connectivity index is 2.11. The van der Waals surface area contributed by atoms with Gasteiger partial charge in [0, 0.05) is 11.4 Å². The highest BCUT2D eigenvalue weighted by molar-refractivity contribution is 6.31.